The predicted molar refractivity (Wildman–Crippen MR) is 128 cm³/mol. The summed E-state index contributed by atoms with van der Waals surface area (Å²) in [5.74, 6) is -1.22. The normalized spacial score (nSPS) is 15.0. The van der Waals surface area contributed by atoms with Crippen LogP contribution in [-0.2, 0) is 19.7 Å². The summed E-state index contributed by atoms with van der Waals surface area (Å²) in [5.41, 5.74) is 2.72. The Balaban J connectivity index is 1.42. The molecule has 2 aromatic rings. The number of nitrogens with one attached hydrogen (secondary N) is 1. The number of anilines is 1. The number of esters is 1. The number of para-hydroxylation sites is 1. The molecular weight excluding hydrogens is 418 g/mol. The highest BCUT2D eigenvalue weighted by molar-refractivity contribution is 5.96. The van der Waals surface area contributed by atoms with Crippen LogP contribution in [0.4, 0.5) is 5.69 Å². The summed E-state index contributed by atoms with van der Waals surface area (Å²) in [6.45, 7) is 10.2. The maximum absolute atomic E-state index is 12.7. The molecule has 7 nitrogen and oxygen atoms in total. The molecule has 3 rings (SSSR count). The van der Waals surface area contributed by atoms with Crippen LogP contribution in [-0.4, -0.2) is 61.5 Å². The van der Waals surface area contributed by atoms with E-state index in [1.54, 1.807) is 24.0 Å². The van der Waals surface area contributed by atoms with Gasteiger partial charge in [-0.25, -0.2) is 0 Å². The fourth-order valence-corrected chi connectivity index (χ4v) is 3.75. The lowest BCUT2D eigenvalue weighted by molar-refractivity contribution is -0.158. The average molecular weight is 452 g/mol. The van der Waals surface area contributed by atoms with Gasteiger partial charge in [0.1, 0.15) is 6.54 Å². The first kappa shape index (κ1) is 24.3. The van der Waals surface area contributed by atoms with Gasteiger partial charge < -0.3 is 19.9 Å². The number of carbonyl (C=O) groups excluding carboxylic acids is 3. The van der Waals surface area contributed by atoms with Crippen molar-refractivity contribution in [3.63, 3.8) is 0 Å². The second-order valence-corrected chi connectivity index (χ2v) is 9.29. The van der Waals surface area contributed by atoms with Gasteiger partial charge in [-0.3, -0.25) is 14.4 Å². The van der Waals surface area contributed by atoms with E-state index in [-0.39, 0.29) is 23.8 Å². The van der Waals surface area contributed by atoms with Crippen molar-refractivity contribution >= 4 is 23.5 Å². The van der Waals surface area contributed by atoms with Gasteiger partial charge in [-0.1, -0.05) is 51.1 Å². The molecule has 1 saturated heterocycles. The quantitative estimate of drug-likeness (QED) is 0.683. The highest BCUT2D eigenvalue weighted by atomic mass is 16.5. The molecule has 7 heteroatoms. The topological polar surface area (TPSA) is 78.9 Å². The van der Waals surface area contributed by atoms with E-state index in [0.717, 1.165) is 24.3 Å². The standard InChI is InChI=1S/C26H33N3O4/c1-19(25(32)29-16-14-28(15-17-29)22-8-6-5-7-9-22)33-23(30)18-27-24(31)20-10-12-21(13-11-20)26(2,3)4/h5-13,19H,14-18H2,1-4H3,(H,27,31). The van der Waals surface area contributed by atoms with Gasteiger partial charge in [-0.05, 0) is 42.2 Å². The zero-order valence-corrected chi connectivity index (χ0v) is 19.8. The lowest BCUT2D eigenvalue weighted by Crippen LogP contribution is -2.52. The fraction of sp³-hybridized carbons (Fsp3) is 0.423. The van der Waals surface area contributed by atoms with Crippen LogP contribution in [0.3, 0.4) is 0 Å². The van der Waals surface area contributed by atoms with Crippen LogP contribution < -0.4 is 10.2 Å². The highest BCUT2D eigenvalue weighted by Crippen LogP contribution is 2.22. The predicted octanol–water partition coefficient (Wildman–Crippen LogP) is 2.99. The number of amides is 2. The van der Waals surface area contributed by atoms with Crippen molar-refractivity contribution in [2.24, 2.45) is 0 Å². The Morgan fingerprint density at radius 3 is 2.12 bits per heavy atom. The minimum Gasteiger partial charge on any atom is -0.451 e. The van der Waals surface area contributed by atoms with E-state index in [2.05, 4.69) is 43.1 Å². The van der Waals surface area contributed by atoms with Crippen molar-refractivity contribution in [2.45, 2.75) is 39.2 Å². The number of nitrogens with zero attached hydrogens (tertiary/aromatic N) is 2. The number of benzene rings is 2. The molecule has 1 aliphatic heterocycles. The molecule has 33 heavy (non-hydrogen) atoms. The lowest BCUT2D eigenvalue weighted by atomic mass is 9.87. The van der Waals surface area contributed by atoms with Crippen molar-refractivity contribution in [1.82, 2.24) is 10.2 Å². The van der Waals surface area contributed by atoms with Crippen LogP contribution in [0.25, 0.3) is 0 Å². The minimum atomic E-state index is -0.899. The van der Waals surface area contributed by atoms with Gasteiger partial charge in [0.25, 0.3) is 11.8 Å². The van der Waals surface area contributed by atoms with Crippen molar-refractivity contribution in [3.8, 4) is 0 Å². The third-order valence-electron chi connectivity index (χ3n) is 5.78. The Morgan fingerprint density at radius 1 is 0.939 bits per heavy atom. The first-order valence-electron chi connectivity index (χ1n) is 11.3. The fourth-order valence-electron chi connectivity index (χ4n) is 3.75. The van der Waals surface area contributed by atoms with Crippen molar-refractivity contribution in [3.05, 3.63) is 65.7 Å². The summed E-state index contributed by atoms with van der Waals surface area (Å²) in [7, 11) is 0. The molecule has 0 spiro atoms. The van der Waals surface area contributed by atoms with Crippen molar-refractivity contribution in [1.29, 1.82) is 0 Å². The maximum Gasteiger partial charge on any atom is 0.326 e. The number of piperazine rings is 1. The Morgan fingerprint density at radius 2 is 1.55 bits per heavy atom. The second kappa shape index (κ2) is 10.5. The molecule has 2 amide bonds. The Labute approximate surface area is 195 Å². The van der Waals surface area contributed by atoms with Crippen molar-refractivity contribution in [2.75, 3.05) is 37.6 Å². The van der Waals surface area contributed by atoms with Crippen LogP contribution in [0, 0.1) is 0 Å². The van der Waals surface area contributed by atoms with E-state index in [1.807, 2.05) is 30.3 Å². The molecule has 0 aliphatic carbocycles. The minimum absolute atomic E-state index is 0.00429. The summed E-state index contributed by atoms with van der Waals surface area (Å²) >= 11 is 0. The molecule has 0 bridgehead atoms. The molecule has 1 atom stereocenters. The van der Waals surface area contributed by atoms with Crippen LogP contribution in [0.5, 0.6) is 0 Å². The summed E-state index contributed by atoms with van der Waals surface area (Å²) in [5, 5.41) is 2.56. The molecule has 0 radical (unpaired) electrons. The Kier molecular flexibility index (Phi) is 7.74. The molecule has 1 heterocycles. The van der Waals surface area contributed by atoms with Crippen LogP contribution in [0.15, 0.2) is 54.6 Å². The molecule has 1 N–H and O–H groups in total. The molecule has 1 unspecified atom stereocenters. The van der Waals surface area contributed by atoms with E-state index in [4.69, 9.17) is 4.74 Å². The number of hydrogen-bond donors (Lipinski definition) is 1. The first-order valence-corrected chi connectivity index (χ1v) is 11.3. The van der Waals surface area contributed by atoms with Gasteiger partial charge in [-0.15, -0.1) is 0 Å². The molecule has 1 aliphatic rings. The first-order chi connectivity index (χ1) is 15.6. The smallest absolute Gasteiger partial charge is 0.326 e. The van der Waals surface area contributed by atoms with Gasteiger partial charge in [-0.2, -0.15) is 0 Å². The Bertz CT molecular complexity index is 959. The summed E-state index contributed by atoms with van der Waals surface area (Å²) in [4.78, 5) is 41.1. The van der Waals surface area contributed by atoms with Gasteiger partial charge >= 0.3 is 5.97 Å². The van der Waals surface area contributed by atoms with Crippen LogP contribution >= 0.6 is 0 Å². The van der Waals surface area contributed by atoms with Gasteiger partial charge in [0.15, 0.2) is 6.10 Å². The zero-order valence-electron chi connectivity index (χ0n) is 19.8. The highest BCUT2D eigenvalue weighted by Gasteiger charge is 2.27. The molecule has 0 saturated carbocycles. The van der Waals surface area contributed by atoms with Crippen LogP contribution in [0.2, 0.25) is 0 Å². The number of rotatable bonds is 6. The second-order valence-electron chi connectivity index (χ2n) is 9.29. The third-order valence-corrected chi connectivity index (χ3v) is 5.78. The number of ether oxygens (including phenoxy) is 1. The van der Waals surface area contributed by atoms with Crippen LogP contribution in [0.1, 0.15) is 43.6 Å². The molecule has 1 fully saturated rings. The zero-order chi connectivity index (χ0) is 24.0. The van der Waals surface area contributed by atoms with E-state index >= 15 is 0 Å². The molecule has 0 aromatic heterocycles. The third kappa shape index (κ3) is 6.57. The van der Waals surface area contributed by atoms with E-state index < -0.39 is 12.1 Å². The van der Waals surface area contributed by atoms with E-state index in [1.165, 1.54) is 0 Å². The molecular formula is C26H33N3O4. The average Bonchev–Trinajstić information content (AvgIpc) is 2.82. The lowest BCUT2D eigenvalue weighted by Gasteiger charge is -2.37. The largest absolute Gasteiger partial charge is 0.451 e. The monoisotopic (exact) mass is 451 g/mol. The van der Waals surface area contributed by atoms with Gasteiger partial charge in [0.2, 0.25) is 0 Å². The number of carbonyl (C=O) groups is 3. The summed E-state index contributed by atoms with van der Waals surface area (Å²) < 4.78 is 5.27. The Hall–Kier alpha value is -3.35. The summed E-state index contributed by atoms with van der Waals surface area (Å²) in [6.07, 6.45) is -0.899. The summed E-state index contributed by atoms with van der Waals surface area (Å²) in [6, 6.07) is 17.4. The van der Waals surface area contributed by atoms with Gasteiger partial charge in [0, 0.05) is 37.4 Å². The molecule has 2 aromatic carbocycles. The van der Waals surface area contributed by atoms with E-state index in [9.17, 15) is 14.4 Å². The SMILES string of the molecule is CC(OC(=O)CNC(=O)c1ccc(C(C)(C)C)cc1)C(=O)N1CCN(c2ccccc2)CC1. The maximum atomic E-state index is 12.7. The number of hydrogen-bond acceptors (Lipinski definition) is 5. The van der Waals surface area contributed by atoms with E-state index in [0.29, 0.717) is 18.7 Å². The van der Waals surface area contributed by atoms with Gasteiger partial charge in [0.05, 0.1) is 0 Å². The molecule has 176 valence electrons. The van der Waals surface area contributed by atoms with Crippen molar-refractivity contribution < 1.29 is 19.1 Å².